The molecule has 2 aliphatic heterocycles. The second-order valence-electron chi connectivity index (χ2n) is 7.41. The van der Waals surface area contributed by atoms with Gasteiger partial charge in [0.2, 0.25) is 0 Å². The highest BCUT2D eigenvalue weighted by Crippen LogP contribution is 2.30. The van der Waals surface area contributed by atoms with Crippen molar-refractivity contribution in [2.75, 3.05) is 31.1 Å². The number of fused-ring (bicyclic) bond motifs is 1. The molecule has 5 rings (SSSR count). The van der Waals surface area contributed by atoms with Gasteiger partial charge >= 0.3 is 0 Å². The number of hydrogen-bond acceptors (Lipinski definition) is 4. The van der Waals surface area contributed by atoms with Crippen LogP contribution in [0.1, 0.15) is 11.1 Å². The molecular formula is C24H23ClN4. The molecular weight excluding hydrogens is 380 g/mol. The van der Waals surface area contributed by atoms with Crippen LogP contribution < -0.4 is 4.90 Å². The van der Waals surface area contributed by atoms with Crippen LogP contribution in [0, 0.1) is 0 Å². The first-order valence-corrected chi connectivity index (χ1v) is 10.4. The van der Waals surface area contributed by atoms with Crippen LogP contribution in [0.5, 0.6) is 0 Å². The zero-order valence-electron chi connectivity index (χ0n) is 16.2. The lowest BCUT2D eigenvalue weighted by Gasteiger charge is -2.44. The van der Waals surface area contributed by atoms with Gasteiger partial charge < -0.3 is 4.90 Å². The molecule has 0 atom stereocenters. The van der Waals surface area contributed by atoms with E-state index in [1.165, 1.54) is 11.3 Å². The molecule has 0 aromatic heterocycles. The van der Waals surface area contributed by atoms with Crippen molar-refractivity contribution in [1.82, 2.24) is 10.0 Å². The number of amidine groups is 1. The lowest BCUT2D eigenvalue weighted by atomic mass is 10.1. The fraction of sp³-hybridized carbons (Fsp3) is 0.208. The standard InChI is InChI=1S/C24H23ClN4/c25-21-10-6-11-22(17-21)27-13-15-28(16-14-27)29-18-20-9-4-5-12-23(20)26-24(29)19-7-2-1-3-8-19/h1-12,17H,13-16,18H2. The first kappa shape index (κ1) is 18.2. The average molecular weight is 403 g/mol. The summed E-state index contributed by atoms with van der Waals surface area (Å²) < 4.78 is 0. The Morgan fingerprint density at radius 1 is 0.759 bits per heavy atom. The minimum absolute atomic E-state index is 0.788. The molecule has 1 saturated heterocycles. The van der Waals surface area contributed by atoms with Crippen molar-refractivity contribution in [3.63, 3.8) is 0 Å². The third-order valence-electron chi connectivity index (χ3n) is 5.59. The van der Waals surface area contributed by atoms with E-state index in [-0.39, 0.29) is 0 Å². The van der Waals surface area contributed by atoms with Gasteiger partial charge in [0.15, 0.2) is 5.84 Å². The Hall–Kier alpha value is -2.82. The van der Waals surface area contributed by atoms with Crippen molar-refractivity contribution in [1.29, 1.82) is 0 Å². The van der Waals surface area contributed by atoms with Crippen molar-refractivity contribution in [3.8, 4) is 0 Å². The summed E-state index contributed by atoms with van der Waals surface area (Å²) >= 11 is 6.19. The lowest BCUT2D eigenvalue weighted by Crippen LogP contribution is -2.56. The largest absolute Gasteiger partial charge is 0.369 e. The maximum atomic E-state index is 6.19. The van der Waals surface area contributed by atoms with Gasteiger partial charge in [0.05, 0.1) is 12.2 Å². The Morgan fingerprint density at radius 3 is 2.31 bits per heavy atom. The summed E-state index contributed by atoms with van der Waals surface area (Å²) in [5.41, 5.74) is 4.68. The van der Waals surface area contributed by atoms with Gasteiger partial charge in [0.25, 0.3) is 0 Å². The van der Waals surface area contributed by atoms with Crippen LogP contribution in [0.4, 0.5) is 11.4 Å². The van der Waals surface area contributed by atoms with Crippen LogP contribution in [0.2, 0.25) is 5.02 Å². The molecule has 29 heavy (non-hydrogen) atoms. The number of anilines is 1. The molecule has 0 amide bonds. The predicted octanol–water partition coefficient (Wildman–Crippen LogP) is 4.97. The molecule has 0 spiro atoms. The van der Waals surface area contributed by atoms with Gasteiger partial charge in [0, 0.05) is 42.5 Å². The monoisotopic (exact) mass is 402 g/mol. The van der Waals surface area contributed by atoms with E-state index in [9.17, 15) is 0 Å². The number of hydrogen-bond donors (Lipinski definition) is 0. The first-order chi connectivity index (χ1) is 14.3. The van der Waals surface area contributed by atoms with E-state index in [2.05, 4.69) is 75.6 Å². The van der Waals surface area contributed by atoms with E-state index in [0.29, 0.717) is 0 Å². The second-order valence-corrected chi connectivity index (χ2v) is 7.84. The lowest BCUT2D eigenvalue weighted by molar-refractivity contribution is 0.0309. The van der Waals surface area contributed by atoms with Gasteiger partial charge in [-0.2, -0.15) is 0 Å². The zero-order chi connectivity index (χ0) is 19.6. The number of para-hydroxylation sites is 1. The molecule has 0 bridgehead atoms. The number of nitrogens with zero attached hydrogens (tertiary/aromatic N) is 4. The molecule has 146 valence electrons. The predicted molar refractivity (Wildman–Crippen MR) is 120 cm³/mol. The van der Waals surface area contributed by atoms with E-state index < -0.39 is 0 Å². The highest BCUT2D eigenvalue weighted by atomic mass is 35.5. The van der Waals surface area contributed by atoms with Crippen LogP contribution in [-0.2, 0) is 6.54 Å². The van der Waals surface area contributed by atoms with Gasteiger partial charge in [0.1, 0.15) is 0 Å². The molecule has 0 unspecified atom stereocenters. The number of benzene rings is 3. The maximum absolute atomic E-state index is 6.19. The molecule has 1 fully saturated rings. The number of rotatable bonds is 3. The van der Waals surface area contributed by atoms with Crippen molar-refractivity contribution in [2.24, 2.45) is 4.99 Å². The molecule has 0 aliphatic carbocycles. The van der Waals surface area contributed by atoms with Crippen LogP contribution in [-0.4, -0.2) is 42.0 Å². The zero-order valence-corrected chi connectivity index (χ0v) is 17.0. The van der Waals surface area contributed by atoms with Gasteiger partial charge in [-0.05, 0) is 29.8 Å². The minimum atomic E-state index is 0.788. The molecule has 3 aromatic rings. The molecule has 5 heteroatoms. The Labute approximate surface area is 176 Å². The third kappa shape index (κ3) is 3.74. The van der Waals surface area contributed by atoms with E-state index >= 15 is 0 Å². The third-order valence-corrected chi connectivity index (χ3v) is 5.82. The Kier molecular flexibility index (Phi) is 4.96. The van der Waals surface area contributed by atoms with Crippen LogP contribution in [0.25, 0.3) is 0 Å². The summed E-state index contributed by atoms with van der Waals surface area (Å²) in [6.07, 6.45) is 0. The van der Waals surface area contributed by atoms with E-state index in [1.54, 1.807) is 0 Å². The number of piperazine rings is 1. The molecule has 0 N–H and O–H groups in total. The average Bonchev–Trinajstić information content (AvgIpc) is 2.79. The molecule has 0 radical (unpaired) electrons. The topological polar surface area (TPSA) is 22.1 Å². The molecule has 4 nitrogen and oxygen atoms in total. The van der Waals surface area contributed by atoms with Gasteiger partial charge in [-0.3, -0.25) is 5.01 Å². The van der Waals surface area contributed by atoms with Crippen LogP contribution >= 0.6 is 11.6 Å². The second kappa shape index (κ2) is 7.90. The van der Waals surface area contributed by atoms with Crippen LogP contribution in [0.3, 0.4) is 0 Å². The summed E-state index contributed by atoms with van der Waals surface area (Å²) in [6.45, 7) is 4.66. The van der Waals surface area contributed by atoms with Crippen LogP contribution in [0.15, 0.2) is 83.9 Å². The van der Waals surface area contributed by atoms with Gasteiger partial charge in [-0.15, -0.1) is 0 Å². The number of hydrazine groups is 1. The van der Waals surface area contributed by atoms with E-state index in [0.717, 1.165) is 54.8 Å². The smallest absolute Gasteiger partial charge is 0.151 e. The molecule has 3 aromatic carbocycles. The number of halogens is 1. The van der Waals surface area contributed by atoms with Gasteiger partial charge in [-0.25, -0.2) is 10.0 Å². The highest BCUT2D eigenvalue weighted by Gasteiger charge is 2.28. The fourth-order valence-corrected chi connectivity index (χ4v) is 4.25. The summed E-state index contributed by atoms with van der Waals surface area (Å²) in [5, 5.41) is 5.58. The van der Waals surface area contributed by atoms with Crippen molar-refractivity contribution >= 4 is 28.8 Å². The van der Waals surface area contributed by atoms with E-state index in [4.69, 9.17) is 16.6 Å². The Bertz CT molecular complexity index is 1030. The minimum Gasteiger partial charge on any atom is -0.369 e. The Balaban J connectivity index is 1.40. The first-order valence-electron chi connectivity index (χ1n) is 10.0. The molecule has 0 saturated carbocycles. The Morgan fingerprint density at radius 2 is 1.52 bits per heavy atom. The van der Waals surface area contributed by atoms with Crippen molar-refractivity contribution in [2.45, 2.75) is 6.54 Å². The SMILES string of the molecule is Clc1cccc(N2CCN(N3Cc4ccccc4N=C3c3ccccc3)CC2)c1. The molecule has 2 aliphatic rings. The normalized spacial score (nSPS) is 17.1. The van der Waals surface area contributed by atoms with E-state index in [1.807, 2.05) is 18.2 Å². The quantitative estimate of drug-likeness (QED) is 0.617. The maximum Gasteiger partial charge on any atom is 0.151 e. The highest BCUT2D eigenvalue weighted by molar-refractivity contribution is 6.30. The van der Waals surface area contributed by atoms with Gasteiger partial charge in [-0.1, -0.05) is 66.2 Å². The summed E-state index contributed by atoms with van der Waals surface area (Å²) in [5.74, 6) is 1.03. The fourth-order valence-electron chi connectivity index (χ4n) is 4.06. The summed E-state index contributed by atoms with van der Waals surface area (Å²) in [7, 11) is 0. The molecule has 2 heterocycles. The van der Waals surface area contributed by atoms with Crippen molar-refractivity contribution in [3.05, 3.63) is 95.0 Å². The van der Waals surface area contributed by atoms with Crippen molar-refractivity contribution < 1.29 is 0 Å². The summed E-state index contributed by atoms with van der Waals surface area (Å²) in [6, 6.07) is 27.0. The summed E-state index contributed by atoms with van der Waals surface area (Å²) in [4.78, 5) is 7.43. The number of aliphatic imine (C=N–C) groups is 1.